The third-order valence-corrected chi connectivity index (χ3v) is 12.5. The molecule has 0 aliphatic heterocycles. The van der Waals surface area contributed by atoms with E-state index in [0.29, 0.717) is 51.5 Å². The van der Waals surface area contributed by atoms with E-state index in [9.17, 15) is 87.9 Å². The molecular weight excluding hydrogens is 1140 g/mol. The van der Waals surface area contributed by atoms with Crippen LogP contribution in [0.1, 0.15) is 103 Å². The minimum atomic E-state index is -1.43. The standard InChI is InChI=1S/C53H93N11O22/c1-38(51(55)79)10-4-7-19-60-52(80)39(11-5-8-18-56-43(67)16-15-40(53(81)82)64(24-22-62(32-47(71)72)33-48(73)74)25-23-63(34-49(75)76)35-50(77)78)61-44(68)14-9-13-42(66)58-20-26-83-28-31-86-37-46(70)59-21-27-84-29-30-85-36-45(69)57-17-6-2-3-12-41(54)65/h38-40H,2-37H2,1H3,(H2,54,65)(H2,55,79)(H,56,67)(H,57,69)(H,58,66)(H,59,70)(H,60,80)(H,61,68)(H,71,72)(H,73,74)(H,75,76)(H,77,78)(H,81,82)/t38-,39-,40-/m0/s1. The second-order valence-corrected chi connectivity index (χ2v) is 20.0. The summed E-state index contributed by atoms with van der Waals surface area (Å²) in [7, 11) is 0. The van der Waals surface area contributed by atoms with Gasteiger partial charge in [-0.05, 0) is 57.8 Å². The average molecular weight is 1240 g/mol. The molecular formula is C53H93N11O22. The monoisotopic (exact) mass is 1240 g/mol. The highest BCUT2D eigenvalue weighted by Gasteiger charge is 2.29. The number of hydrogen-bond acceptors (Lipinski definition) is 20. The van der Waals surface area contributed by atoms with E-state index in [1.807, 2.05) is 0 Å². The van der Waals surface area contributed by atoms with Gasteiger partial charge in [-0.1, -0.05) is 19.8 Å². The maximum absolute atomic E-state index is 13.3. The number of rotatable bonds is 58. The fourth-order valence-electron chi connectivity index (χ4n) is 7.99. The molecule has 0 aliphatic carbocycles. The minimum absolute atomic E-state index is 0.00538. The molecule has 0 aromatic carbocycles. The van der Waals surface area contributed by atoms with Gasteiger partial charge in [0.15, 0.2) is 0 Å². The van der Waals surface area contributed by atoms with Crippen molar-refractivity contribution in [3.63, 3.8) is 0 Å². The van der Waals surface area contributed by atoms with E-state index in [1.54, 1.807) is 6.92 Å². The number of nitrogens with one attached hydrogen (secondary N) is 6. The van der Waals surface area contributed by atoms with Crippen molar-refractivity contribution in [3.8, 4) is 0 Å². The van der Waals surface area contributed by atoms with Crippen molar-refractivity contribution in [1.29, 1.82) is 0 Å². The molecule has 0 aromatic heterocycles. The number of carboxylic acid groups (broad SMARTS) is 5. The molecule has 0 saturated carbocycles. The molecule has 0 heterocycles. The van der Waals surface area contributed by atoms with Crippen LogP contribution < -0.4 is 43.4 Å². The summed E-state index contributed by atoms with van der Waals surface area (Å²) in [6.07, 6.45) is 4.35. The molecule has 492 valence electrons. The Morgan fingerprint density at radius 2 is 0.849 bits per heavy atom. The van der Waals surface area contributed by atoms with Crippen LogP contribution in [0.15, 0.2) is 0 Å². The van der Waals surface area contributed by atoms with E-state index >= 15 is 0 Å². The second-order valence-electron chi connectivity index (χ2n) is 20.0. The van der Waals surface area contributed by atoms with Gasteiger partial charge in [-0.15, -0.1) is 0 Å². The molecule has 0 unspecified atom stereocenters. The summed E-state index contributed by atoms with van der Waals surface area (Å²) >= 11 is 0. The molecule has 15 N–H and O–H groups in total. The smallest absolute Gasteiger partial charge is 0.320 e. The number of hydrogen-bond donors (Lipinski definition) is 13. The molecule has 0 fully saturated rings. The Labute approximate surface area is 499 Å². The lowest BCUT2D eigenvalue weighted by Gasteiger charge is -2.32. The number of carbonyl (C=O) groups is 13. The van der Waals surface area contributed by atoms with Crippen LogP contribution >= 0.6 is 0 Å². The van der Waals surface area contributed by atoms with Gasteiger partial charge >= 0.3 is 29.8 Å². The van der Waals surface area contributed by atoms with Crippen LogP contribution in [0.2, 0.25) is 0 Å². The molecule has 3 atom stereocenters. The van der Waals surface area contributed by atoms with Crippen molar-refractivity contribution in [1.82, 2.24) is 46.6 Å². The fraction of sp³-hybridized carbons (Fsp3) is 0.755. The van der Waals surface area contributed by atoms with Gasteiger partial charge in [0.05, 0.1) is 65.8 Å². The molecule has 0 spiro atoms. The number of aliphatic carboxylic acids is 5. The van der Waals surface area contributed by atoms with E-state index in [-0.39, 0.29) is 173 Å². The number of nitrogens with zero attached hydrogens (tertiary/aromatic N) is 3. The van der Waals surface area contributed by atoms with Crippen LogP contribution in [0, 0.1) is 5.92 Å². The lowest BCUT2D eigenvalue weighted by atomic mass is 10.0. The SMILES string of the molecule is C[C@@H](CCCCNC(=O)[C@H](CCCCNC(=O)CC[C@@H](C(=O)O)N(CCN(CC(=O)O)CC(=O)O)CCN(CC(=O)O)CC(=O)O)NC(=O)CCCC(=O)NCCOCCOCC(=O)NCCOCCOCC(=O)NCCCCCC(N)=O)C(N)=O. The molecule has 33 nitrogen and oxygen atoms in total. The summed E-state index contributed by atoms with van der Waals surface area (Å²) in [6.45, 7) is -0.231. The lowest BCUT2D eigenvalue weighted by molar-refractivity contribution is -0.146. The summed E-state index contributed by atoms with van der Waals surface area (Å²) in [6, 6.07) is -2.42. The van der Waals surface area contributed by atoms with Gasteiger partial charge in [-0.2, -0.15) is 0 Å². The van der Waals surface area contributed by atoms with E-state index in [1.165, 1.54) is 4.90 Å². The molecule has 0 rings (SSSR count). The summed E-state index contributed by atoms with van der Waals surface area (Å²) < 4.78 is 21.4. The van der Waals surface area contributed by atoms with Crippen molar-refractivity contribution >= 4 is 77.1 Å². The Morgan fingerprint density at radius 3 is 1.34 bits per heavy atom. The molecule has 0 aliphatic rings. The summed E-state index contributed by atoms with van der Waals surface area (Å²) in [5, 5.41) is 63.5. The van der Waals surface area contributed by atoms with Crippen LogP contribution in [0.25, 0.3) is 0 Å². The molecule has 33 heteroatoms. The van der Waals surface area contributed by atoms with Gasteiger partial charge in [0.25, 0.3) is 0 Å². The van der Waals surface area contributed by atoms with Crippen molar-refractivity contribution < 1.29 is 107 Å². The van der Waals surface area contributed by atoms with Crippen molar-refractivity contribution in [2.24, 2.45) is 17.4 Å². The Morgan fingerprint density at radius 1 is 0.419 bits per heavy atom. The number of nitrogens with two attached hydrogens (primary N) is 2. The Bertz CT molecular complexity index is 2020. The number of carboxylic acids is 5. The Hall–Kier alpha value is -7.17. The zero-order chi connectivity index (χ0) is 64.5. The highest BCUT2D eigenvalue weighted by atomic mass is 16.5. The van der Waals surface area contributed by atoms with Gasteiger partial charge in [0.1, 0.15) is 25.3 Å². The molecule has 0 bridgehead atoms. The van der Waals surface area contributed by atoms with Crippen molar-refractivity contribution in [3.05, 3.63) is 0 Å². The Balaban J connectivity index is 4.94. The molecule has 0 radical (unpaired) electrons. The van der Waals surface area contributed by atoms with Crippen LogP contribution in [-0.2, 0) is 81.3 Å². The molecule has 8 amide bonds. The van der Waals surface area contributed by atoms with Gasteiger partial charge in [0.2, 0.25) is 47.3 Å². The third kappa shape index (κ3) is 47.1. The second kappa shape index (κ2) is 50.0. The number of primary amides is 2. The van der Waals surface area contributed by atoms with E-state index in [0.717, 1.165) is 22.6 Å². The molecule has 0 saturated heterocycles. The number of amides is 8. The summed E-state index contributed by atoms with van der Waals surface area (Å²) in [4.78, 5) is 159. The van der Waals surface area contributed by atoms with Gasteiger partial charge in [-0.3, -0.25) is 77.0 Å². The first-order chi connectivity index (χ1) is 40.9. The van der Waals surface area contributed by atoms with Gasteiger partial charge in [0, 0.05) is 90.5 Å². The largest absolute Gasteiger partial charge is 0.480 e. The normalized spacial score (nSPS) is 12.2. The number of unbranched alkanes of at least 4 members (excludes halogenated alkanes) is 4. The van der Waals surface area contributed by atoms with E-state index in [2.05, 4.69) is 31.9 Å². The first-order valence-electron chi connectivity index (χ1n) is 28.7. The maximum Gasteiger partial charge on any atom is 0.320 e. The van der Waals surface area contributed by atoms with Crippen molar-refractivity contribution in [2.75, 3.05) is 138 Å². The fourth-order valence-corrected chi connectivity index (χ4v) is 7.99. The van der Waals surface area contributed by atoms with Gasteiger partial charge in [-0.25, -0.2) is 0 Å². The third-order valence-electron chi connectivity index (χ3n) is 12.5. The van der Waals surface area contributed by atoms with Gasteiger partial charge < -0.3 is 87.8 Å². The first kappa shape index (κ1) is 78.8. The topological polar surface area (TPSA) is 494 Å². The maximum atomic E-state index is 13.3. The highest BCUT2D eigenvalue weighted by molar-refractivity contribution is 5.88. The van der Waals surface area contributed by atoms with Crippen molar-refractivity contribution in [2.45, 2.75) is 115 Å². The highest BCUT2D eigenvalue weighted by Crippen LogP contribution is 2.12. The number of carbonyl (C=O) groups excluding carboxylic acids is 8. The zero-order valence-electron chi connectivity index (χ0n) is 49.4. The first-order valence-corrected chi connectivity index (χ1v) is 28.7. The van der Waals surface area contributed by atoms with E-state index in [4.69, 9.17) is 30.4 Å². The number of ether oxygens (including phenoxy) is 4. The van der Waals surface area contributed by atoms with E-state index < -0.39 is 91.7 Å². The molecule has 86 heavy (non-hydrogen) atoms. The predicted octanol–water partition coefficient (Wildman–Crippen LogP) is -3.73. The van der Waals surface area contributed by atoms with Crippen LogP contribution in [0.5, 0.6) is 0 Å². The zero-order valence-corrected chi connectivity index (χ0v) is 49.4. The predicted molar refractivity (Wildman–Crippen MR) is 303 cm³/mol. The lowest BCUT2D eigenvalue weighted by Crippen LogP contribution is -2.50. The van der Waals surface area contributed by atoms with Crippen LogP contribution in [-0.4, -0.2) is 267 Å². The molecule has 0 aromatic rings. The van der Waals surface area contributed by atoms with Crippen LogP contribution in [0.4, 0.5) is 0 Å². The summed E-state index contributed by atoms with van der Waals surface area (Å²) in [5.41, 5.74) is 10.4. The van der Waals surface area contributed by atoms with Crippen LogP contribution in [0.3, 0.4) is 0 Å². The quantitative estimate of drug-likeness (QED) is 0.0260. The minimum Gasteiger partial charge on any atom is -0.480 e. The Kier molecular flexibility index (Phi) is 45.9. The summed E-state index contributed by atoms with van der Waals surface area (Å²) in [5.74, 6) is -10.5. The average Bonchev–Trinajstić information content (AvgIpc) is 3.43.